The minimum Gasteiger partial charge on any atom is -0.507 e. The summed E-state index contributed by atoms with van der Waals surface area (Å²) in [6.45, 7) is 5.64. The zero-order chi connectivity index (χ0) is 22.8. The quantitative estimate of drug-likeness (QED) is 0.226. The number of aliphatic hydroxyl groups is 1. The summed E-state index contributed by atoms with van der Waals surface area (Å²) < 4.78 is 11.4. The first kappa shape index (κ1) is 21.6. The standard InChI is InChI=1S/C24H19BrN2O5/c1-3-11-31-18-9-7-15(8-10-18)22(28)20-21(16-5-4-6-17(25)13-16)27(24(30)23(20)29)19-12-14(2)32-26-19/h3-10,12-13,21,28H,1,11H2,2H3/b22-20+/t21-/m0/s1. The van der Waals surface area contributed by atoms with E-state index in [1.54, 1.807) is 61.5 Å². The van der Waals surface area contributed by atoms with E-state index in [9.17, 15) is 14.7 Å². The van der Waals surface area contributed by atoms with Gasteiger partial charge in [-0.05, 0) is 48.9 Å². The number of halogens is 1. The van der Waals surface area contributed by atoms with Gasteiger partial charge in [0.05, 0.1) is 11.6 Å². The van der Waals surface area contributed by atoms with Gasteiger partial charge in [0.1, 0.15) is 23.9 Å². The average Bonchev–Trinajstić information content (AvgIpc) is 3.33. The molecule has 0 unspecified atom stereocenters. The van der Waals surface area contributed by atoms with E-state index < -0.39 is 17.7 Å². The van der Waals surface area contributed by atoms with Gasteiger partial charge in [0.25, 0.3) is 5.78 Å². The van der Waals surface area contributed by atoms with Gasteiger partial charge in [-0.3, -0.25) is 14.5 Å². The molecule has 162 valence electrons. The van der Waals surface area contributed by atoms with Crippen LogP contribution in [0.5, 0.6) is 5.75 Å². The van der Waals surface area contributed by atoms with Crippen LogP contribution in [-0.2, 0) is 9.59 Å². The second kappa shape index (κ2) is 8.84. The SMILES string of the molecule is C=CCOc1ccc(/C(O)=C2\C(=O)C(=O)N(c3cc(C)on3)[C@H]2c2cccc(Br)c2)cc1. The maximum Gasteiger partial charge on any atom is 0.301 e. The summed E-state index contributed by atoms with van der Waals surface area (Å²) in [6.07, 6.45) is 1.62. The van der Waals surface area contributed by atoms with Crippen LogP contribution in [0.3, 0.4) is 0 Å². The molecular formula is C24H19BrN2O5. The van der Waals surface area contributed by atoms with Crippen LogP contribution in [0.2, 0.25) is 0 Å². The van der Waals surface area contributed by atoms with Crippen LogP contribution in [0.15, 0.2) is 81.8 Å². The normalized spacial score (nSPS) is 17.6. The first-order chi connectivity index (χ1) is 15.4. The van der Waals surface area contributed by atoms with E-state index in [1.807, 2.05) is 6.07 Å². The fraction of sp³-hybridized carbons (Fsp3) is 0.125. The highest BCUT2D eigenvalue weighted by atomic mass is 79.9. The van der Waals surface area contributed by atoms with Crippen molar-refractivity contribution in [2.75, 3.05) is 11.5 Å². The molecule has 3 aromatic rings. The Hall–Kier alpha value is -3.65. The molecule has 1 atom stereocenters. The molecule has 1 aliphatic rings. The second-order valence-electron chi connectivity index (χ2n) is 7.14. The molecule has 2 aromatic carbocycles. The molecule has 1 amide bonds. The molecule has 1 fully saturated rings. The Morgan fingerprint density at radius 2 is 2.00 bits per heavy atom. The number of Topliss-reactive ketones (excluding diaryl/α,β-unsaturated/α-hetero) is 1. The average molecular weight is 495 g/mol. The number of carbonyl (C=O) groups is 2. The fourth-order valence-electron chi connectivity index (χ4n) is 3.55. The number of ketones is 1. The van der Waals surface area contributed by atoms with E-state index >= 15 is 0 Å². The van der Waals surface area contributed by atoms with Crippen molar-refractivity contribution in [1.82, 2.24) is 5.16 Å². The summed E-state index contributed by atoms with van der Waals surface area (Å²) in [5.74, 6) is -0.613. The lowest BCUT2D eigenvalue weighted by molar-refractivity contribution is -0.132. The van der Waals surface area contributed by atoms with Crippen LogP contribution in [0.25, 0.3) is 5.76 Å². The topological polar surface area (TPSA) is 92.9 Å². The molecule has 0 bridgehead atoms. The first-order valence-electron chi connectivity index (χ1n) is 9.74. The molecule has 1 aliphatic heterocycles. The Balaban J connectivity index is 1.85. The van der Waals surface area contributed by atoms with Gasteiger partial charge in [-0.2, -0.15) is 0 Å². The molecule has 0 saturated carbocycles. The third kappa shape index (κ3) is 3.97. The Labute approximate surface area is 192 Å². The number of anilines is 1. The van der Waals surface area contributed by atoms with E-state index in [2.05, 4.69) is 27.7 Å². The van der Waals surface area contributed by atoms with E-state index in [0.717, 1.165) is 4.47 Å². The number of aryl methyl sites for hydroxylation is 1. The summed E-state index contributed by atoms with van der Waals surface area (Å²) in [7, 11) is 0. The zero-order valence-corrected chi connectivity index (χ0v) is 18.7. The Morgan fingerprint density at radius 1 is 1.25 bits per heavy atom. The minimum atomic E-state index is -0.881. The maximum atomic E-state index is 13.1. The molecule has 2 heterocycles. The van der Waals surface area contributed by atoms with Gasteiger partial charge in [-0.1, -0.05) is 45.9 Å². The molecule has 1 aromatic heterocycles. The molecule has 0 radical (unpaired) electrons. The van der Waals surface area contributed by atoms with Crippen molar-refractivity contribution >= 4 is 39.2 Å². The lowest BCUT2D eigenvalue weighted by Crippen LogP contribution is -2.29. The summed E-state index contributed by atoms with van der Waals surface area (Å²) in [6, 6.07) is 14.5. The number of hydrogen-bond acceptors (Lipinski definition) is 6. The second-order valence-corrected chi connectivity index (χ2v) is 8.06. The van der Waals surface area contributed by atoms with Crippen molar-refractivity contribution < 1.29 is 24.0 Å². The summed E-state index contributed by atoms with van der Waals surface area (Å²) in [5.41, 5.74) is 0.977. The van der Waals surface area contributed by atoms with Gasteiger partial charge in [0, 0.05) is 16.1 Å². The van der Waals surface area contributed by atoms with Crippen LogP contribution < -0.4 is 9.64 Å². The fourth-order valence-corrected chi connectivity index (χ4v) is 3.96. The predicted molar refractivity (Wildman–Crippen MR) is 122 cm³/mol. The maximum absolute atomic E-state index is 13.1. The Bertz CT molecular complexity index is 1230. The number of benzene rings is 2. The number of carbonyl (C=O) groups excluding carboxylic acids is 2. The first-order valence-corrected chi connectivity index (χ1v) is 10.5. The van der Waals surface area contributed by atoms with Crippen LogP contribution in [0, 0.1) is 6.92 Å². The van der Waals surface area contributed by atoms with Crippen LogP contribution >= 0.6 is 15.9 Å². The highest BCUT2D eigenvalue weighted by Crippen LogP contribution is 2.42. The van der Waals surface area contributed by atoms with E-state index in [1.165, 1.54) is 4.90 Å². The molecule has 7 nitrogen and oxygen atoms in total. The zero-order valence-electron chi connectivity index (χ0n) is 17.1. The van der Waals surface area contributed by atoms with Crippen LogP contribution in [0.4, 0.5) is 5.82 Å². The Kier molecular flexibility index (Phi) is 5.96. The Morgan fingerprint density at radius 3 is 2.62 bits per heavy atom. The van der Waals surface area contributed by atoms with Crippen LogP contribution in [0.1, 0.15) is 22.9 Å². The molecule has 32 heavy (non-hydrogen) atoms. The van der Waals surface area contributed by atoms with E-state index in [-0.39, 0.29) is 17.2 Å². The smallest absolute Gasteiger partial charge is 0.301 e. The predicted octanol–water partition coefficient (Wildman–Crippen LogP) is 4.94. The third-order valence-corrected chi connectivity index (χ3v) is 5.46. The minimum absolute atomic E-state index is 0.0338. The van der Waals surface area contributed by atoms with Gasteiger partial charge in [0.15, 0.2) is 5.82 Å². The summed E-state index contributed by atoms with van der Waals surface area (Å²) in [5, 5.41) is 15.0. The van der Waals surface area contributed by atoms with Crippen molar-refractivity contribution in [2.24, 2.45) is 0 Å². The van der Waals surface area contributed by atoms with Crippen LogP contribution in [-0.4, -0.2) is 28.6 Å². The number of aromatic nitrogens is 1. The van der Waals surface area contributed by atoms with Crippen molar-refractivity contribution in [3.63, 3.8) is 0 Å². The third-order valence-electron chi connectivity index (χ3n) is 4.97. The molecule has 1 N–H and O–H groups in total. The van der Waals surface area contributed by atoms with Crippen molar-refractivity contribution in [3.8, 4) is 5.75 Å². The molecule has 1 saturated heterocycles. The van der Waals surface area contributed by atoms with Gasteiger partial charge < -0.3 is 14.4 Å². The lowest BCUT2D eigenvalue weighted by atomic mass is 9.95. The number of nitrogens with zero attached hydrogens (tertiary/aromatic N) is 2. The number of ether oxygens (including phenoxy) is 1. The van der Waals surface area contributed by atoms with Gasteiger partial charge in [0.2, 0.25) is 0 Å². The molecule has 8 heteroatoms. The monoisotopic (exact) mass is 494 g/mol. The number of rotatable bonds is 6. The van der Waals surface area contributed by atoms with Crippen molar-refractivity contribution in [2.45, 2.75) is 13.0 Å². The summed E-state index contributed by atoms with van der Waals surface area (Å²) >= 11 is 3.43. The largest absolute Gasteiger partial charge is 0.507 e. The number of aliphatic hydroxyl groups excluding tert-OH is 1. The van der Waals surface area contributed by atoms with Gasteiger partial charge in [-0.15, -0.1) is 0 Å². The lowest BCUT2D eigenvalue weighted by Gasteiger charge is -2.23. The molecule has 0 spiro atoms. The van der Waals surface area contributed by atoms with Gasteiger partial charge in [-0.25, -0.2) is 0 Å². The molecule has 4 rings (SSSR count). The highest BCUT2D eigenvalue weighted by molar-refractivity contribution is 9.10. The molecule has 0 aliphatic carbocycles. The molecular weight excluding hydrogens is 476 g/mol. The van der Waals surface area contributed by atoms with Crippen molar-refractivity contribution in [1.29, 1.82) is 0 Å². The number of hydrogen-bond donors (Lipinski definition) is 1. The summed E-state index contributed by atoms with van der Waals surface area (Å²) in [4.78, 5) is 27.3. The van der Waals surface area contributed by atoms with Crippen molar-refractivity contribution in [3.05, 3.63) is 94.2 Å². The van der Waals surface area contributed by atoms with E-state index in [0.29, 0.717) is 29.2 Å². The van der Waals surface area contributed by atoms with E-state index in [4.69, 9.17) is 9.26 Å². The highest BCUT2D eigenvalue weighted by Gasteiger charge is 2.48. The number of amides is 1. The van der Waals surface area contributed by atoms with Gasteiger partial charge >= 0.3 is 5.91 Å².